The van der Waals surface area contributed by atoms with Crippen LogP contribution in [0, 0.1) is 6.92 Å². The van der Waals surface area contributed by atoms with Crippen molar-refractivity contribution < 1.29 is 14.4 Å². The van der Waals surface area contributed by atoms with Crippen molar-refractivity contribution in [3.8, 4) is 0 Å². The Bertz CT molecular complexity index is 545. The quantitative estimate of drug-likeness (QED) is 0.738. The van der Waals surface area contributed by atoms with Crippen LogP contribution in [-0.4, -0.2) is 38.9 Å². The van der Waals surface area contributed by atoms with Gasteiger partial charge in [-0.2, -0.15) is 0 Å². The van der Waals surface area contributed by atoms with Gasteiger partial charge < -0.3 is 9.80 Å². The van der Waals surface area contributed by atoms with Crippen molar-refractivity contribution in [1.29, 1.82) is 0 Å². The van der Waals surface area contributed by atoms with E-state index in [4.69, 9.17) is 0 Å². The van der Waals surface area contributed by atoms with Gasteiger partial charge in [-0.3, -0.25) is 19.7 Å². The predicted molar refractivity (Wildman–Crippen MR) is 87.0 cm³/mol. The van der Waals surface area contributed by atoms with E-state index in [1.54, 1.807) is 11.9 Å². The minimum Gasteiger partial charge on any atom is -0.370 e. The zero-order chi connectivity index (χ0) is 16.7. The minimum atomic E-state index is -0.287. The van der Waals surface area contributed by atoms with Crippen molar-refractivity contribution in [3.05, 3.63) is 23.8 Å². The van der Waals surface area contributed by atoms with Crippen LogP contribution >= 0.6 is 0 Å². The summed E-state index contributed by atoms with van der Waals surface area (Å²) in [5, 5.41) is 2.13. The molecule has 0 radical (unpaired) electrons. The Kier molecular flexibility index (Phi) is 6.56. The number of nitrogens with zero attached hydrogens (tertiary/aromatic N) is 2. The smallest absolute Gasteiger partial charge is 0.226 e. The summed E-state index contributed by atoms with van der Waals surface area (Å²) in [6, 6.07) is 5.92. The molecule has 0 aliphatic heterocycles. The normalized spacial score (nSPS) is 11.5. The summed E-state index contributed by atoms with van der Waals surface area (Å²) >= 11 is 0. The topological polar surface area (TPSA) is 69.7 Å². The highest BCUT2D eigenvalue weighted by Gasteiger charge is 2.18. The van der Waals surface area contributed by atoms with Gasteiger partial charge in [-0.05, 0) is 31.9 Å². The number of aryl methyl sites for hydroxylation is 1. The molecule has 120 valence electrons. The van der Waals surface area contributed by atoms with Gasteiger partial charge in [-0.25, -0.2) is 0 Å². The summed E-state index contributed by atoms with van der Waals surface area (Å²) in [5.41, 5.74) is 2.78. The molecule has 22 heavy (non-hydrogen) atoms. The Morgan fingerprint density at radius 1 is 1.32 bits per heavy atom. The summed E-state index contributed by atoms with van der Waals surface area (Å²) in [7, 11) is 3.65. The maximum atomic E-state index is 11.4. The summed E-state index contributed by atoms with van der Waals surface area (Å²) in [5.74, 6) is -0.287. The summed E-state index contributed by atoms with van der Waals surface area (Å²) in [6.07, 6.45) is 2.06. The lowest BCUT2D eigenvalue weighted by atomic mass is 10.1. The molecule has 0 fully saturated rings. The Labute approximate surface area is 131 Å². The molecule has 0 aliphatic carbocycles. The van der Waals surface area contributed by atoms with Crippen molar-refractivity contribution in [2.75, 3.05) is 23.9 Å². The molecule has 6 nitrogen and oxygen atoms in total. The summed E-state index contributed by atoms with van der Waals surface area (Å²) < 4.78 is 0. The summed E-state index contributed by atoms with van der Waals surface area (Å²) in [6.45, 7) is 3.95. The number of carbonyl (C=O) groups excluding carboxylic acids is 3. The number of rotatable bonds is 8. The molecular formula is C16H23N3O3. The molecule has 0 saturated carbocycles. The van der Waals surface area contributed by atoms with E-state index in [9.17, 15) is 14.4 Å². The fraction of sp³-hybridized carbons (Fsp3) is 0.438. The van der Waals surface area contributed by atoms with E-state index >= 15 is 0 Å². The Balaban J connectivity index is 2.90. The van der Waals surface area contributed by atoms with Crippen molar-refractivity contribution in [3.63, 3.8) is 0 Å². The lowest BCUT2D eigenvalue weighted by Crippen LogP contribution is -2.32. The van der Waals surface area contributed by atoms with Crippen LogP contribution < -0.4 is 15.1 Å². The van der Waals surface area contributed by atoms with Crippen molar-refractivity contribution >= 4 is 30.1 Å². The standard InChI is InChI=1S/C16H23N3O3/c1-12-6-5-7-14(16(12)18(3)11-21)19(4)13(2)8-9-15(22)17-10-20/h5-7,10-11,13H,8-9H2,1-4H3,(H,17,20,22). The number of amides is 3. The van der Waals surface area contributed by atoms with Gasteiger partial charge in [0.25, 0.3) is 0 Å². The van der Waals surface area contributed by atoms with E-state index in [2.05, 4.69) is 5.32 Å². The van der Waals surface area contributed by atoms with Crippen LogP contribution in [0.15, 0.2) is 18.2 Å². The van der Waals surface area contributed by atoms with Crippen LogP contribution in [0.4, 0.5) is 11.4 Å². The van der Waals surface area contributed by atoms with E-state index in [1.165, 1.54) is 0 Å². The Morgan fingerprint density at radius 2 is 2.00 bits per heavy atom. The number of anilines is 2. The van der Waals surface area contributed by atoms with Gasteiger partial charge in [0, 0.05) is 26.6 Å². The van der Waals surface area contributed by atoms with Crippen LogP contribution in [-0.2, 0) is 14.4 Å². The first-order valence-electron chi connectivity index (χ1n) is 7.16. The maximum absolute atomic E-state index is 11.4. The van der Waals surface area contributed by atoms with E-state index in [0.717, 1.165) is 23.3 Å². The second-order valence-electron chi connectivity index (χ2n) is 5.34. The average Bonchev–Trinajstić information content (AvgIpc) is 2.51. The number of hydrogen-bond donors (Lipinski definition) is 1. The van der Waals surface area contributed by atoms with Crippen LogP contribution in [0.5, 0.6) is 0 Å². The zero-order valence-corrected chi connectivity index (χ0v) is 13.5. The largest absolute Gasteiger partial charge is 0.370 e. The van der Waals surface area contributed by atoms with E-state index in [-0.39, 0.29) is 18.4 Å². The fourth-order valence-corrected chi connectivity index (χ4v) is 2.35. The van der Waals surface area contributed by atoms with E-state index in [0.29, 0.717) is 12.8 Å². The molecular weight excluding hydrogens is 282 g/mol. The first kappa shape index (κ1) is 17.7. The molecule has 0 aromatic heterocycles. The molecule has 0 aliphatic rings. The Morgan fingerprint density at radius 3 is 2.59 bits per heavy atom. The monoisotopic (exact) mass is 305 g/mol. The van der Waals surface area contributed by atoms with E-state index in [1.807, 2.05) is 44.0 Å². The molecule has 3 amide bonds. The third-order valence-corrected chi connectivity index (χ3v) is 3.78. The molecule has 0 saturated heterocycles. The SMILES string of the molecule is Cc1cccc(N(C)C(C)CCC(=O)NC=O)c1N(C)C=O. The van der Waals surface area contributed by atoms with Crippen molar-refractivity contribution in [2.45, 2.75) is 32.7 Å². The van der Waals surface area contributed by atoms with Gasteiger partial charge in [-0.1, -0.05) is 12.1 Å². The Hall–Kier alpha value is -2.37. The molecule has 1 unspecified atom stereocenters. The predicted octanol–water partition coefficient (Wildman–Crippen LogP) is 1.47. The maximum Gasteiger partial charge on any atom is 0.226 e. The van der Waals surface area contributed by atoms with E-state index < -0.39 is 0 Å². The van der Waals surface area contributed by atoms with Crippen LogP contribution in [0.25, 0.3) is 0 Å². The number of carbonyl (C=O) groups is 3. The minimum absolute atomic E-state index is 0.0815. The van der Waals surface area contributed by atoms with Gasteiger partial charge in [0.15, 0.2) is 0 Å². The highest BCUT2D eigenvalue weighted by molar-refractivity contribution is 5.86. The van der Waals surface area contributed by atoms with Gasteiger partial charge in [0.2, 0.25) is 18.7 Å². The number of imide groups is 1. The lowest BCUT2D eigenvalue weighted by molar-refractivity contribution is -0.125. The number of benzene rings is 1. The second kappa shape index (κ2) is 8.17. The molecule has 1 rings (SSSR count). The molecule has 0 heterocycles. The molecule has 6 heteroatoms. The zero-order valence-electron chi connectivity index (χ0n) is 13.5. The fourth-order valence-electron chi connectivity index (χ4n) is 2.35. The second-order valence-corrected chi connectivity index (χ2v) is 5.34. The highest BCUT2D eigenvalue weighted by atomic mass is 16.2. The first-order chi connectivity index (χ1) is 10.4. The third kappa shape index (κ3) is 4.31. The van der Waals surface area contributed by atoms with Crippen LogP contribution in [0.1, 0.15) is 25.3 Å². The molecule has 1 N–H and O–H groups in total. The van der Waals surface area contributed by atoms with Gasteiger partial charge >= 0.3 is 0 Å². The molecule has 0 spiro atoms. The van der Waals surface area contributed by atoms with Gasteiger partial charge in [-0.15, -0.1) is 0 Å². The first-order valence-corrected chi connectivity index (χ1v) is 7.16. The lowest BCUT2D eigenvalue weighted by Gasteiger charge is -2.31. The highest BCUT2D eigenvalue weighted by Crippen LogP contribution is 2.32. The average molecular weight is 305 g/mol. The number of hydrogen-bond acceptors (Lipinski definition) is 4. The molecule has 0 bridgehead atoms. The molecule has 1 atom stereocenters. The van der Waals surface area contributed by atoms with Crippen LogP contribution in [0.2, 0.25) is 0 Å². The van der Waals surface area contributed by atoms with Gasteiger partial charge in [0.1, 0.15) is 0 Å². The molecule has 1 aromatic rings. The van der Waals surface area contributed by atoms with Crippen LogP contribution in [0.3, 0.4) is 0 Å². The summed E-state index contributed by atoms with van der Waals surface area (Å²) in [4.78, 5) is 36.3. The number of nitrogens with one attached hydrogen (secondary N) is 1. The number of para-hydroxylation sites is 1. The molecule has 1 aromatic carbocycles. The van der Waals surface area contributed by atoms with Crippen molar-refractivity contribution in [2.24, 2.45) is 0 Å². The van der Waals surface area contributed by atoms with Gasteiger partial charge in [0.05, 0.1) is 11.4 Å². The van der Waals surface area contributed by atoms with Crippen molar-refractivity contribution in [1.82, 2.24) is 5.32 Å². The third-order valence-electron chi connectivity index (χ3n) is 3.78.